The molecule has 1 aliphatic rings. The second kappa shape index (κ2) is 9.06. The third-order valence-corrected chi connectivity index (χ3v) is 5.21. The highest BCUT2D eigenvalue weighted by molar-refractivity contribution is 5.91. The topological polar surface area (TPSA) is 63.6 Å². The zero-order valence-electron chi connectivity index (χ0n) is 17.0. The van der Waals surface area contributed by atoms with Gasteiger partial charge >= 0.3 is 0 Å². The molecule has 6 nitrogen and oxygen atoms in total. The van der Waals surface area contributed by atoms with E-state index in [1.807, 2.05) is 36.6 Å². The maximum Gasteiger partial charge on any atom is 0.244 e. The molecular weight excluding hydrogens is 354 g/mol. The quantitative estimate of drug-likeness (QED) is 0.833. The van der Waals surface area contributed by atoms with Gasteiger partial charge in [-0.3, -0.25) is 14.5 Å². The molecule has 1 fully saturated rings. The van der Waals surface area contributed by atoms with Crippen molar-refractivity contribution in [3.05, 3.63) is 57.5 Å². The van der Waals surface area contributed by atoms with Crippen molar-refractivity contribution in [3.8, 4) is 5.75 Å². The average molecular weight is 383 g/mol. The molecule has 1 saturated heterocycles. The number of nitrogens with zero attached hydrogens (tertiary/aromatic N) is 2. The normalized spacial score (nSPS) is 14.7. The van der Waals surface area contributed by atoms with Gasteiger partial charge in [-0.15, -0.1) is 0 Å². The molecule has 0 radical (unpaired) electrons. The zero-order valence-corrected chi connectivity index (χ0v) is 17.0. The van der Waals surface area contributed by atoms with Crippen LogP contribution in [0.3, 0.4) is 0 Å². The number of carbonyl (C=O) groups excluding carboxylic acids is 1. The number of amides is 1. The van der Waals surface area contributed by atoms with Gasteiger partial charge in [0.05, 0.1) is 13.3 Å². The van der Waals surface area contributed by atoms with Crippen LogP contribution in [0.2, 0.25) is 0 Å². The second-order valence-corrected chi connectivity index (χ2v) is 7.53. The van der Waals surface area contributed by atoms with Gasteiger partial charge in [-0.2, -0.15) is 0 Å². The smallest absolute Gasteiger partial charge is 0.244 e. The maximum absolute atomic E-state index is 12.7. The summed E-state index contributed by atoms with van der Waals surface area (Å²) in [5, 5.41) is 2.98. The van der Waals surface area contributed by atoms with Gasteiger partial charge in [0.25, 0.3) is 0 Å². The maximum atomic E-state index is 12.7. The molecule has 2 aromatic rings. The second-order valence-electron chi connectivity index (χ2n) is 7.53. The Kier molecular flexibility index (Phi) is 6.52. The number of aromatic nitrogens is 1. The lowest BCUT2D eigenvalue weighted by molar-refractivity contribution is -0.116. The van der Waals surface area contributed by atoms with E-state index in [1.165, 1.54) is 26.4 Å². The molecule has 0 bridgehead atoms. The highest BCUT2D eigenvalue weighted by Gasteiger charge is 2.16. The Balaban J connectivity index is 1.80. The number of anilines is 1. The van der Waals surface area contributed by atoms with Gasteiger partial charge in [0.15, 0.2) is 5.75 Å². The van der Waals surface area contributed by atoms with Crippen LogP contribution in [0.15, 0.2) is 35.3 Å². The summed E-state index contributed by atoms with van der Waals surface area (Å²) >= 11 is 0. The fourth-order valence-corrected chi connectivity index (χ4v) is 3.68. The minimum Gasteiger partial charge on any atom is -0.491 e. The first-order chi connectivity index (χ1) is 13.5. The van der Waals surface area contributed by atoms with E-state index in [9.17, 15) is 9.59 Å². The van der Waals surface area contributed by atoms with Gasteiger partial charge < -0.3 is 14.6 Å². The van der Waals surface area contributed by atoms with Gasteiger partial charge in [-0.25, -0.2) is 0 Å². The molecule has 0 spiro atoms. The minimum absolute atomic E-state index is 0.127. The molecule has 2 heterocycles. The predicted molar refractivity (Wildman–Crippen MR) is 111 cm³/mol. The lowest BCUT2D eigenvalue weighted by Gasteiger charge is -2.27. The SMILES string of the molecule is COc1cn(CC(=O)Nc2ccc(C)cc2C)c(CN2CCCCC2)cc1=O. The van der Waals surface area contributed by atoms with Crippen LogP contribution in [0.1, 0.15) is 36.1 Å². The first-order valence-electron chi connectivity index (χ1n) is 9.83. The Hall–Kier alpha value is -2.60. The lowest BCUT2D eigenvalue weighted by Crippen LogP contribution is -2.32. The fraction of sp³-hybridized carbons (Fsp3) is 0.455. The molecule has 1 aliphatic heterocycles. The molecular formula is C22H29N3O3. The van der Waals surface area contributed by atoms with E-state index in [4.69, 9.17) is 4.74 Å². The Morgan fingerprint density at radius 3 is 2.57 bits per heavy atom. The Labute approximate surface area is 166 Å². The number of aryl methyl sites for hydroxylation is 2. The van der Waals surface area contributed by atoms with Crippen molar-refractivity contribution in [2.75, 3.05) is 25.5 Å². The summed E-state index contributed by atoms with van der Waals surface area (Å²) in [5.41, 5.74) is 3.68. The Morgan fingerprint density at radius 2 is 1.89 bits per heavy atom. The van der Waals surface area contributed by atoms with Crippen LogP contribution < -0.4 is 15.5 Å². The lowest BCUT2D eigenvalue weighted by atomic mass is 10.1. The molecule has 1 aromatic carbocycles. The number of ether oxygens (including phenoxy) is 1. The summed E-state index contributed by atoms with van der Waals surface area (Å²) in [6.45, 7) is 6.85. The molecule has 0 aliphatic carbocycles. The summed E-state index contributed by atoms with van der Waals surface area (Å²) in [5.74, 6) is 0.124. The van der Waals surface area contributed by atoms with E-state index in [0.29, 0.717) is 6.54 Å². The number of hydrogen-bond donors (Lipinski definition) is 1. The zero-order chi connectivity index (χ0) is 20.1. The number of nitrogens with one attached hydrogen (secondary N) is 1. The molecule has 1 N–H and O–H groups in total. The van der Waals surface area contributed by atoms with Gasteiger partial charge in [-0.1, -0.05) is 24.1 Å². The highest BCUT2D eigenvalue weighted by atomic mass is 16.5. The largest absolute Gasteiger partial charge is 0.491 e. The van der Waals surface area contributed by atoms with Crippen molar-refractivity contribution in [3.63, 3.8) is 0 Å². The van der Waals surface area contributed by atoms with Crippen LogP contribution in [0.5, 0.6) is 5.75 Å². The molecule has 150 valence electrons. The molecule has 3 rings (SSSR count). The van der Waals surface area contributed by atoms with Gasteiger partial charge in [-0.05, 0) is 51.4 Å². The van der Waals surface area contributed by atoms with E-state index in [0.717, 1.165) is 35.6 Å². The van der Waals surface area contributed by atoms with Crippen LogP contribution in [-0.4, -0.2) is 35.6 Å². The van der Waals surface area contributed by atoms with Crippen molar-refractivity contribution in [1.29, 1.82) is 0 Å². The van der Waals surface area contributed by atoms with Crippen LogP contribution in [0.4, 0.5) is 5.69 Å². The first kappa shape index (κ1) is 20.1. The monoisotopic (exact) mass is 383 g/mol. The van der Waals surface area contributed by atoms with Crippen LogP contribution in [-0.2, 0) is 17.9 Å². The highest BCUT2D eigenvalue weighted by Crippen LogP contribution is 2.17. The number of benzene rings is 1. The van der Waals surface area contributed by atoms with Crippen molar-refractivity contribution < 1.29 is 9.53 Å². The summed E-state index contributed by atoms with van der Waals surface area (Å²) in [6.07, 6.45) is 5.24. The van der Waals surface area contributed by atoms with Crippen molar-refractivity contribution >= 4 is 11.6 Å². The van der Waals surface area contributed by atoms with Gasteiger partial charge in [0.2, 0.25) is 11.3 Å². The third kappa shape index (κ3) is 5.01. The van der Waals surface area contributed by atoms with Crippen molar-refractivity contribution in [2.24, 2.45) is 0 Å². The number of methoxy groups -OCH3 is 1. The summed E-state index contributed by atoms with van der Waals surface area (Å²) < 4.78 is 7.01. The van der Waals surface area contributed by atoms with Crippen molar-refractivity contribution in [1.82, 2.24) is 9.47 Å². The minimum atomic E-state index is -0.152. The van der Waals surface area contributed by atoms with E-state index >= 15 is 0 Å². The molecule has 0 saturated carbocycles. The van der Waals surface area contributed by atoms with E-state index < -0.39 is 0 Å². The molecule has 1 amide bonds. The molecule has 28 heavy (non-hydrogen) atoms. The van der Waals surface area contributed by atoms with Crippen LogP contribution >= 0.6 is 0 Å². The number of rotatable bonds is 6. The summed E-state index contributed by atoms with van der Waals surface area (Å²) in [4.78, 5) is 27.3. The van der Waals surface area contributed by atoms with E-state index in [1.54, 1.807) is 12.3 Å². The number of hydrogen-bond acceptors (Lipinski definition) is 4. The predicted octanol–water partition coefficient (Wildman–Crippen LogP) is 3.10. The fourth-order valence-electron chi connectivity index (χ4n) is 3.68. The average Bonchev–Trinajstić information content (AvgIpc) is 2.67. The summed E-state index contributed by atoms with van der Waals surface area (Å²) in [7, 11) is 1.47. The molecule has 0 unspecified atom stereocenters. The van der Waals surface area contributed by atoms with Crippen LogP contribution in [0, 0.1) is 13.8 Å². The number of carbonyl (C=O) groups is 1. The molecule has 6 heteroatoms. The van der Waals surface area contributed by atoms with Gasteiger partial charge in [0.1, 0.15) is 6.54 Å². The summed E-state index contributed by atoms with van der Waals surface area (Å²) in [6, 6.07) is 7.54. The van der Waals surface area contributed by atoms with E-state index in [2.05, 4.69) is 10.2 Å². The Bertz CT molecular complexity index is 898. The molecule has 1 aromatic heterocycles. The molecule has 0 atom stereocenters. The third-order valence-electron chi connectivity index (χ3n) is 5.21. The van der Waals surface area contributed by atoms with Gasteiger partial charge in [0, 0.05) is 24.0 Å². The number of piperidine rings is 1. The Morgan fingerprint density at radius 1 is 1.14 bits per heavy atom. The standard InChI is InChI=1S/C22H29N3O3/c1-16-7-8-19(17(2)11-16)23-22(27)15-25-14-21(28-3)20(26)12-18(25)13-24-9-5-4-6-10-24/h7-8,11-12,14H,4-6,9-10,13,15H2,1-3H3,(H,23,27). The number of pyridine rings is 1. The number of likely N-dealkylation sites (tertiary alicyclic amines) is 1. The van der Waals surface area contributed by atoms with E-state index in [-0.39, 0.29) is 23.6 Å². The van der Waals surface area contributed by atoms with Crippen LogP contribution in [0.25, 0.3) is 0 Å². The van der Waals surface area contributed by atoms with Crippen molar-refractivity contribution in [2.45, 2.75) is 46.2 Å². The first-order valence-corrected chi connectivity index (χ1v) is 9.83.